The van der Waals surface area contributed by atoms with Crippen LogP contribution in [0.4, 0.5) is 0 Å². The molecule has 0 aromatic carbocycles. The van der Waals surface area contributed by atoms with E-state index in [1.54, 1.807) is 4.90 Å². The van der Waals surface area contributed by atoms with Gasteiger partial charge in [0.2, 0.25) is 5.91 Å². The summed E-state index contributed by atoms with van der Waals surface area (Å²) >= 11 is 0. The lowest BCUT2D eigenvalue weighted by Gasteiger charge is -2.24. The fourth-order valence-electron chi connectivity index (χ4n) is 1.56. The second-order valence-electron chi connectivity index (χ2n) is 3.75. The van der Waals surface area contributed by atoms with Crippen LogP contribution in [0.5, 0.6) is 0 Å². The first-order valence-electron chi connectivity index (χ1n) is 4.58. The van der Waals surface area contributed by atoms with Gasteiger partial charge in [0.15, 0.2) is 5.78 Å². The Morgan fingerprint density at radius 3 is 2.77 bits per heavy atom. The zero-order chi connectivity index (χ0) is 10.0. The summed E-state index contributed by atoms with van der Waals surface area (Å²) in [6.45, 7) is 4.29. The SMILES string of the molecule is CC(C)C(=O)N1CC(=O)CC1CN. The molecule has 0 aromatic heterocycles. The van der Waals surface area contributed by atoms with Crippen LogP contribution in [0, 0.1) is 5.92 Å². The summed E-state index contributed by atoms with van der Waals surface area (Å²) in [5, 5.41) is 0. The van der Waals surface area contributed by atoms with Crippen molar-refractivity contribution >= 4 is 11.7 Å². The lowest BCUT2D eigenvalue weighted by Crippen LogP contribution is -2.42. The van der Waals surface area contributed by atoms with Crippen molar-refractivity contribution in [3.63, 3.8) is 0 Å². The van der Waals surface area contributed by atoms with E-state index in [1.807, 2.05) is 13.8 Å². The van der Waals surface area contributed by atoms with Gasteiger partial charge in [-0.3, -0.25) is 9.59 Å². The quantitative estimate of drug-likeness (QED) is 0.645. The van der Waals surface area contributed by atoms with E-state index < -0.39 is 0 Å². The van der Waals surface area contributed by atoms with Crippen LogP contribution in [0.25, 0.3) is 0 Å². The molecule has 1 heterocycles. The molecule has 1 saturated heterocycles. The van der Waals surface area contributed by atoms with E-state index in [4.69, 9.17) is 5.73 Å². The van der Waals surface area contributed by atoms with Crippen LogP contribution in [-0.4, -0.2) is 35.7 Å². The van der Waals surface area contributed by atoms with Crippen molar-refractivity contribution in [3.8, 4) is 0 Å². The Morgan fingerprint density at radius 1 is 1.69 bits per heavy atom. The predicted octanol–water partition coefficient (Wildman–Crippen LogP) is -0.229. The highest BCUT2D eigenvalue weighted by Crippen LogP contribution is 2.16. The first-order chi connectivity index (χ1) is 6.06. The number of amides is 1. The maximum atomic E-state index is 11.6. The molecule has 1 amide bonds. The van der Waals surface area contributed by atoms with Gasteiger partial charge in [-0.1, -0.05) is 13.8 Å². The highest BCUT2D eigenvalue weighted by molar-refractivity contribution is 5.90. The zero-order valence-corrected chi connectivity index (χ0v) is 8.12. The van der Waals surface area contributed by atoms with Gasteiger partial charge in [0, 0.05) is 18.9 Å². The number of rotatable bonds is 2. The minimum absolute atomic E-state index is 0.0290. The van der Waals surface area contributed by atoms with Gasteiger partial charge in [-0.15, -0.1) is 0 Å². The van der Waals surface area contributed by atoms with Gasteiger partial charge in [-0.05, 0) is 0 Å². The number of carbonyl (C=O) groups excluding carboxylic acids is 2. The second-order valence-corrected chi connectivity index (χ2v) is 3.75. The maximum absolute atomic E-state index is 11.6. The molecule has 1 unspecified atom stereocenters. The van der Waals surface area contributed by atoms with Crippen LogP contribution in [0.1, 0.15) is 20.3 Å². The molecule has 13 heavy (non-hydrogen) atoms. The minimum atomic E-state index is -0.0672. The summed E-state index contributed by atoms with van der Waals surface area (Å²) in [4.78, 5) is 24.3. The molecule has 4 nitrogen and oxygen atoms in total. The van der Waals surface area contributed by atoms with Crippen LogP contribution < -0.4 is 5.73 Å². The predicted molar refractivity (Wildman–Crippen MR) is 49.0 cm³/mol. The number of likely N-dealkylation sites (tertiary alicyclic amines) is 1. The van der Waals surface area contributed by atoms with Gasteiger partial charge in [0.1, 0.15) is 0 Å². The van der Waals surface area contributed by atoms with E-state index in [0.29, 0.717) is 13.0 Å². The van der Waals surface area contributed by atoms with Crippen molar-refractivity contribution in [2.45, 2.75) is 26.3 Å². The summed E-state index contributed by atoms with van der Waals surface area (Å²) in [7, 11) is 0. The van der Waals surface area contributed by atoms with Crippen molar-refractivity contribution in [3.05, 3.63) is 0 Å². The first kappa shape index (κ1) is 10.2. The number of nitrogens with two attached hydrogens (primary N) is 1. The van der Waals surface area contributed by atoms with Crippen molar-refractivity contribution in [1.82, 2.24) is 4.90 Å². The molecule has 1 rings (SSSR count). The van der Waals surface area contributed by atoms with Crippen LogP contribution >= 0.6 is 0 Å². The van der Waals surface area contributed by atoms with E-state index in [1.165, 1.54) is 0 Å². The summed E-state index contributed by atoms with van der Waals surface area (Å²) in [6.07, 6.45) is 0.426. The Bertz CT molecular complexity index is 226. The zero-order valence-electron chi connectivity index (χ0n) is 8.12. The van der Waals surface area contributed by atoms with Gasteiger partial charge in [-0.25, -0.2) is 0 Å². The molecule has 0 aliphatic carbocycles. The van der Waals surface area contributed by atoms with Gasteiger partial charge in [-0.2, -0.15) is 0 Å². The summed E-state index contributed by atoms with van der Waals surface area (Å²) < 4.78 is 0. The summed E-state index contributed by atoms with van der Waals surface area (Å²) in [6, 6.07) is -0.0672. The fraction of sp³-hybridized carbons (Fsp3) is 0.778. The van der Waals surface area contributed by atoms with Gasteiger partial charge in [0.05, 0.1) is 12.6 Å². The standard InChI is InChI=1S/C9H16N2O2/c1-6(2)9(13)11-5-8(12)3-7(11)4-10/h6-7H,3-5,10H2,1-2H3. The lowest BCUT2D eigenvalue weighted by atomic mass is 10.1. The second kappa shape index (κ2) is 3.87. The van der Waals surface area contributed by atoms with Crippen LogP contribution in [0.3, 0.4) is 0 Å². The number of hydrogen-bond donors (Lipinski definition) is 1. The normalized spacial score (nSPS) is 22.9. The summed E-state index contributed by atoms with van der Waals surface area (Å²) in [5.41, 5.74) is 5.48. The molecule has 1 atom stereocenters. The Morgan fingerprint density at radius 2 is 2.31 bits per heavy atom. The van der Waals surface area contributed by atoms with Gasteiger partial charge in [0.25, 0.3) is 0 Å². The molecule has 0 spiro atoms. The van der Waals surface area contributed by atoms with Crippen molar-refractivity contribution in [2.75, 3.05) is 13.1 Å². The van der Waals surface area contributed by atoms with E-state index >= 15 is 0 Å². The largest absolute Gasteiger partial charge is 0.330 e. The van der Waals surface area contributed by atoms with Crippen LogP contribution in [-0.2, 0) is 9.59 Å². The molecule has 1 aliphatic heterocycles. The Hall–Kier alpha value is -0.900. The van der Waals surface area contributed by atoms with E-state index in [-0.39, 0.29) is 30.2 Å². The van der Waals surface area contributed by atoms with Crippen molar-refractivity contribution < 1.29 is 9.59 Å². The molecule has 2 N–H and O–H groups in total. The van der Waals surface area contributed by atoms with Crippen molar-refractivity contribution in [1.29, 1.82) is 0 Å². The molecule has 4 heteroatoms. The van der Waals surface area contributed by atoms with Crippen molar-refractivity contribution in [2.24, 2.45) is 11.7 Å². The molecule has 0 radical (unpaired) electrons. The minimum Gasteiger partial charge on any atom is -0.330 e. The third-order valence-electron chi connectivity index (χ3n) is 2.30. The topological polar surface area (TPSA) is 63.4 Å². The number of carbonyl (C=O) groups is 2. The van der Waals surface area contributed by atoms with E-state index in [2.05, 4.69) is 0 Å². The lowest BCUT2D eigenvalue weighted by molar-refractivity contribution is -0.136. The molecule has 74 valence electrons. The smallest absolute Gasteiger partial charge is 0.225 e. The third-order valence-corrected chi connectivity index (χ3v) is 2.30. The highest BCUT2D eigenvalue weighted by Gasteiger charge is 2.33. The fourth-order valence-corrected chi connectivity index (χ4v) is 1.56. The van der Waals surface area contributed by atoms with Gasteiger partial charge >= 0.3 is 0 Å². The molecular formula is C9H16N2O2. The molecular weight excluding hydrogens is 168 g/mol. The Labute approximate surface area is 78.1 Å². The Balaban J connectivity index is 2.68. The van der Waals surface area contributed by atoms with E-state index in [0.717, 1.165) is 0 Å². The first-order valence-corrected chi connectivity index (χ1v) is 4.58. The number of Topliss-reactive ketones (excluding diaryl/α,β-unsaturated/α-hetero) is 1. The molecule has 1 aliphatic rings. The monoisotopic (exact) mass is 184 g/mol. The molecule has 0 saturated carbocycles. The number of nitrogens with zero attached hydrogens (tertiary/aromatic N) is 1. The summed E-state index contributed by atoms with van der Waals surface area (Å²) in [5.74, 6) is 0.0886. The molecule has 1 fully saturated rings. The van der Waals surface area contributed by atoms with Crippen LogP contribution in [0.15, 0.2) is 0 Å². The average molecular weight is 184 g/mol. The number of hydrogen-bond acceptors (Lipinski definition) is 3. The third kappa shape index (κ3) is 2.06. The number of ketones is 1. The Kier molecular flexibility index (Phi) is 3.03. The molecule has 0 aromatic rings. The molecule has 0 bridgehead atoms. The average Bonchev–Trinajstić information content (AvgIpc) is 2.45. The highest BCUT2D eigenvalue weighted by atomic mass is 16.2. The van der Waals surface area contributed by atoms with Gasteiger partial charge < -0.3 is 10.6 Å². The van der Waals surface area contributed by atoms with Crippen LogP contribution in [0.2, 0.25) is 0 Å². The van der Waals surface area contributed by atoms with E-state index in [9.17, 15) is 9.59 Å². The maximum Gasteiger partial charge on any atom is 0.225 e.